The Morgan fingerprint density at radius 1 is 1.38 bits per heavy atom. The molecule has 1 atom stereocenters. The molecular weight excluding hydrogens is 277 g/mol. The summed E-state index contributed by atoms with van der Waals surface area (Å²) in [6.07, 6.45) is 2.52. The minimum absolute atomic E-state index is 0.113. The van der Waals surface area contributed by atoms with Crippen LogP contribution in [0.2, 0.25) is 0 Å². The highest BCUT2D eigenvalue weighted by molar-refractivity contribution is 5.82. The zero-order valence-electron chi connectivity index (χ0n) is 13.1. The van der Waals surface area contributed by atoms with Crippen LogP contribution in [0, 0.1) is 0 Å². The number of likely N-dealkylation sites (tertiary alicyclic amines) is 1. The SMILES string of the molecule is CCOC(=O)C=CC1(F)CCCN(C(=O)OC(C)(C)C)C1. The number of nitrogens with zero attached hydrogens (tertiary/aromatic N) is 1. The highest BCUT2D eigenvalue weighted by Crippen LogP contribution is 2.27. The number of carbonyl (C=O) groups is 2. The normalized spacial score (nSPS) is 23.2. The van der Waals surface area contributed by atoms with Gasteiger partial charge < -0.3 is 14.4 Å². The maximum Gasteiger partial charge on any atom is 0.410 e. The molecular formula is C15H24FNO4. The summed E-state index contributed by atoms with van der Waals surface area (Å²) in [5.74, 6) is -0.580. The van der Waals surface area contributed by atoms with Crippen molar-refractivity contribution in [3.8, 4) is 0 Å². The third-order valence-corrected chi connectivity index (χ3v) is 2.93. The largest absolute Gasteiger partial charge is 0.463 e. The van der Waals surface area contributed by atoms with Crippen molar-refractivity contribution in [1.82, 2.24) is 4.90 Å². The summed E-state index contributed by atoms with van der Waals surface area (Å²) in [7, 11) is 0. The Morgan fingerprint density at radius 3 is 2.62 bits per heavy atom. The monoisotopic (exact) mass is 301 g/mol. The van der Waals surface area contributed by atoms with Crippen molar-refractivity contribution in [2.24, 2.45) is 0 Å². The molecule has 0 aromatic heterocycles. The van der Waals surface area contributed by atoms with Crippen LogP contribution >= 0.6 is 0 Å². The lowest BCUT2D eigenvalue weighted by Gasteiger charge is -2.36. The van der Waals surface area contributed by atoms with Crippen molar-refractivity contribution in [2.45, 2.75) is 51.8 Å². The summed E-state index contributed by atoms with van der Waals surface area (Å²) >= 11 is 0. The van der Waals surface area contributed by atoms with Gasteiger partial charge in [0.15, 0.2) is 0 Å². The molecule has 1 amide bonds. The van der Waals surface area contributed by atoms with Crippen LogP contribution in [0.15, 0.2) is 12.2 Å². The standard InChI is InChI=1S/C15H24FNO4/c1-5-20-12(18)7-9-15(16)8-6-10-17(11-15)13(19)21-14(2,3)4/h7,9H,5-6,8,10-11H2,1-4H3. The molecule has 5 nitrogen and oxygen atoms in total. The number of hydrogen-bond donors (Lipinski definition) is 0. The first-order valence-electron chi connectivity index (χ1n) is 7.18. The summed E-state index contributed by atoms with van der Waals surface area (Å²) in [6.45, 7) is 7.55. The van der Waals surface area contributed by atoms with Gasteiger partial charge in [0, 0.05) is 12.6 Å². The van der Waals surface area contributed by atoms with Crippen LogP contribution in [0.4, 0.5) is 9.18 Å². The van der Waals surface area contributed by atoms with Crippen molar-refractivity contribution in [3.05, 3.63) is 12.2 Å². The lowest BCUT2D eigenvalue weighted by Crippen LogP contribution is -2.48. The van der Waals surface area contributed by atoms with Gasteiger partial charge in [-0.1, -0.05) is 0 Å². The van der Waals surface area contributed by atoms with Crippen molar-refractivity contribution in [2.75, 3.05) is 19.7 Å². The van der Waals surface area contributed by atoms with Crippen molar-refractivity contribution in [3.63, 3.8) is 0 Å². The Bertz CT molecular complexity index is 416. The smallest absolute Gasteiger partial charge is 0.410 e. The number of esters is 1. The fourth-order valence-electron chi connectivity index (χ4n) is 2.07. The van der Waals surface area contributed by atoms with E-state index >= 15 is 0 Å². The van der Waals surface area contributed by atoms with Gasteiger partial charge in [-0.15, -0.1) is 0 Å². The summed E-state index contributed by atoms with van der Waals surface area (Å²) < 4.78 is 24.6. The van der Waals surface area contributed by atoms with E-state index in [4.69, 9.17) is 9.47 Å². The first-order valence-corrected chi connectivity index (χ1v) is 7.18. The summed E-state index contributed by atoms with van der Waals surface area (Å²) in [6, 6.07) is 0. The first-order chi connectivity index (χ1) is 9.65. The lowest BCUT2D eigenvalue weighted by atomic mass is 9.94. The second-order valence-electron chi connectivity index (χ2n) is 6.13. The fraction of sp³-hybridized carbons (Fsp3) is 0.733. The number of ether oxygens (including phenoxy) is 2. The maximum absolute atomic E-state index is 14.7. The zero-order chi connectivity index (χ0) is 16.1. The average Bonchev–Trinajstić information content (AvgIpc) is 2.35. The number of piperidine rings is 1. The number of halogens is 1. The molecule has 1 fully saturated rings. The molecule has 120 valence electrons. The van der Waals surface area contributed by atoms with Gasteiger partial charge in [-0.2, -0.15) is 0 Å². The fourth-order valence-corrected chi connectivity index (χ4v) is 2.07. The molecule has 1 unspecified atom stereocenters. The molecule has 1 heterocycles. The van der Waals surface area contributed by atoms with Gasteiger partial charge in [0.2, 0.25) is 0 Å². The Labute approximate surface area is 125 Å². The summed E-state index contributed by atoms with van der Waals surface area (Å²) in [5, 5.41) is 0. The Balaban J connectivity index is 2.66. The van der Waals surface area contributed by atoms with Crippen LogP contribution in [0.3, 0.4) is 0 Å². The van der Waals surface area contributed by atoms with E-state index in [1.165, 1.54) is 11.0 Å². The molecule has 0 bridgehead atoms. The van der Waals surface area contributed by atoms with Gasteiger partial charge in [0.05, 0.1) is 13.2 Å². The van der Waals surface area contributed by atoms with E-state index in [0.29, 0.717) is 13.0 Å². The van der Waals surface area contributed by atoms with E-state index in [1.54, 1.807) is 27.7 Å². The maximum atomic E-state index is 14.7. The third kappa shape index (κ3) is 6.14. The number of hydrogen-bond acceptors (Lipinski definition) is 4. The molecule has 0 N–H and O–H groups in total. The van der Waals surface area contributed by atoms with Crippen molar-refractivity contribution < 1.29 is 23.5 Å². The van der Waals surface area contributed by atoms with Gasteiger partial charge in [0.1, 0.15) is 11.3 Å². The van der Waals surface area contributed by atoms with E-state index < -0.39 is 23.3 Å². The predicted octanol–water partition coefficient (Wildman–Crippen LogP) is 2.84. The lowest BCUT2D eigenvalue weighted by molar-refractivity contribution is -0.137. The minimum Gasteiger partial charge on any atom is -0.463 e. The van der Waals surface area contributed by atoms with Crippen LogP contribution in [0.5, 0.6) is 0 Å². The predicted molar refractivity (Wildman–Crippen MR) is 76.7 cm³/mol. The molecule has 0 saturated carbocycles. The number of carbonyl (C=O) groups excluding carboxylic acids is 2. The van der Waals surface area contributed by atoms with Crippen LogP contribution < -0.4 is 0 Å². The van der Waals surface area contributed by atoms with Crippen molar-refractivity contribution >= 4 is 12.1 Å². The Morgan fingerprint density at radius 2 is 2.05 bits per heavy atom. The Hall–Kier alpha value is -1.59. The van der Waals surface area contributed by atoms with E-state index in [9.17, 15) is 14.0 Å². The highest BCUT2D eigenvalue weighted by Gasteiger charge is 2.36. The molecule has 0 radical (unpaired) electrons. The number of alkyl halides is 1. The Kier molecular flexibility index (Phi) is 5.75. The molecule has 1 rings (SSSR count). The van der Waals surface area contributed by atoms with Gasteiger partial charge in [-0.3, -0.25) is 0 Å². The summed E-state index contributed by atoms with van der Waals surface area (Å²) in [4.78, 5) is 24.6. The second kappa shape index (κ2) is 6.91. The molecule has 0 aromatic carbocycles. The summed E-state index contributed by atoms with van der Waals surface area (Å²) in [5.41, 5.74) is -2.34. The molecule has 0 aromatic rings. The zero-order valence-corrected chi connectivity index (χ0v) is 13.1. The van der Waals surface area contributed by atoms with Crippen LogP contribution in [0.25, 0.3) is 0 Å². The van der Waals surface area contributed by atoms with Gasteiger partial charge in [-0.25, -0.2) is 14.0 Å². The molecule has 1 aliphatic heterocycles. The van der Waals surface area contributed by atoms with E-state index in [0.717, 1.165) is 6.08 Å². The van der Waals surface area contributed by atoms with Gasteiger partial charge >= 0.3 is 12.1 Å². The highest BCUT2D eigenvalue weighted by atomic mass is 19.1. The van der Waals surface area contributed by atoms with E-state index in [2.05, 4.69) is 0 Å². The van der Waals surface area contributed by atoms with E-state index in [-0.39, 0.29) is 19.6 Å². The quantitative estimate of drug-likeness (QED) is 0.594. The number of amides is 1. The van der Waals surface area contributed by atoms with Crippen LogP contribution in [0.1, 0.15) is 40.5 Å². The van der Waals surface area contributed by atoms with Crippen molar-refractivity contribution in [1.29, 1.82) is 0 Å². The topological polar surface area (TPSA) is 55.8 Å². The van der Waals surface area contributed by atoms with Gasteiger partial charge in [-0.05, 0) is 46.6 Å². The van der Waals surface area contributed by atoms with Gasteiger partial charge in [0.25, 0.3) is 0 Å². The first kappa shape index (κ1) is 17.5. The molecule has 1 saturated heterocycles. The molecule has 1 aliphatic rings. The second-order valence-corrected chi connectivity index (χ2v) is 6.13. The average molecular weight is 301 g/mol. The van der Waals surface area contributed by atoms with E-state index in [1.807, 2.05) is 0 Å². The van der Waals surface area contributed by atoms with Crippen LogP contribution in [-0.4, -0.2) is 47.9 Å². The molecule has 21 heavy (non-hydrogen) atoms. The third-order valence-electron chi connectivity index (χ3n) is 2.93. The number of rotatable bonds is 3. The minimum atomic E-state index is -1.72. The molecule has 0 aliphatic carbocycles. The van der Waals surface area contributed by atoms with Crippen LogP contribution in [-0.2, 0) is 14.3 Å². The molecule has 0 spiro atoms. The molecule has 6 heteroatoms.